The Bertz CT molecular complexity index is 426. The molecule has 0 radical (unpaired) electrons. The van der Waals surface area contributed by atoms with Gasteiger partial charge in [0.25, 0.3) is 0 Å². The van der Waals surface area contributed by atoms with Crippen LogP contribution >= 0.6 is 15.9 Å². The highest BCUT2D eigenvalue weighted by Crippen LogP contribution is 2.20. The van der Waals surface area contributed by atoms with Crippen LogP contribution in [0.2, 0.25) is 0 Å². The first-order chi connectivity index (χ1) is 9.06. The van der Waals surface area contributed by atoms with Crippen LogP contribution < -0.4 is 4.90 Å². The van der Waals surface area contributed by atoms with Gasteiger partial charge in [-0.3, -0.25) is 0 Å². The first kappa shape index (κ1) is 14.2. The fraction of sp³-hybridized carbons (Fsp3) is 0.500. The highest BCUT2D eigenvalue weighted by atomic mass is 79.9. The summed E-state index contributed by atoms with van der Waals surface area (Å²) in [6.45, 7) is 6.85. The molecule has 2 rings (SSSR count). The van der Waals surface area contributed by atoms with Gasteiger partial charge >= 0.3 is 6.09 Å². The lowest BCUT2D eigenvalue weighted by Crippen LogP contribution is -2.49. The number of benzene rings is 1. The quantitative estimate of drug-likeness (QED) is 0.837. The average molecular weight is 327 g/mol. The summed E-state index contributed by atoms with van der Waals surface area (Å²) in [5.41, 5.74) is 1.19. The second-order valence-corrected chi connectivity index (χ2v) is 5.80. The molecule has 1 aromatic carbocycles. The minimum atomic E-state index is -0.203. The summed E-state index contributed by atoms with van der Waals surface area (Å²) in [6.07, 6.45) is -0.262. The summed E-state index contributed by atoms with van der Waals surface area (Å²) < 4.78 is 6.29. The van der Waals surface area contributed by atoms with Crippen molar-refractivity contribution in [3.63, 3.8) is 0 Å². The van der Waals surface area contributed by atoms with Crippen LogP contribution in [0.4, 0.5) is 10.5 Å². The van der Waals surface area contributed by atoms with Gasteiger partial charge in [0.1, 0.15) is 0 Å². The van der Waals surface area contributed by atoms with Crippen LogP contribution in [0.5, 0.6) is 0 Å². The molecule has 0 N–H and O–H groups in total. The van der Waals surface area contributed by atoms with E-state index in [2.05, 4.69) is 33.0 Å². The third kappa shape index (κ3) is 3.86. The Kier molecular flexibility index (Phi) is 4.69. The maximum atomic E-state index is 11.8. The minimum absolute atomic E-state index is 0.0583. The maximum absolute atomic E-state index is 11.8. The normalized spacial score (nSPS) is 15.8. The number of piperazine rings is 1. The fourth-order valence-electron chi connectivity index (χ4n) is 2.08. The average Bonchev–Trinajstić information content (AvgIpc) is 2.39. The van der Waals surface area contributed by atoms with E-state index in [-0.39, 0.29) is 12.2 Å². The van der Waals surface area contributed by atoms with Gasteiger partial charge in [0, 0.05) is 36.3 Å². The molecule has 0 atom stereocenters. The van der Waals surface area contributed by atoms with Crippen LogP contribution in [0.3, 0.4) is 0 Å². The second-order valence-electron chi connectivity index (χ2n) is 4.88. The van der Waals surface area contributed by atoms with E-state index in [1.165, 1.54) is 5.69 Å². The molecule has 4 nitrogen and oxygen atoms in total. The minimum Gasteiger partial charge on any atom is -0.447 e. The zero-order valence-electron chi connectivity index (χ0n) is 11.3. The molecule has 1 fully saturated rings. The molecule has 0 aliphatic carbocycles. The molecular weight excluding hydrogens is 308 g/mol. The Labute approximate surface area is 122 Å². The number of nitrogens with zero attached hydrogens (tertiary/aromatic N) is 2. The SMILES string of the molecule is CC(C)OC(=O)N1CCN(c2ccc(Br)cc2)CC1. The van der Waals surface area contributed by atoms with Crippen LogP contribution in [0.1, 0.15) is 13.8 Å². The summed E-state index contributed by atoms with van der Waals surface area (Å²) >= 11 is 3.43. The molecule has 0 spiro atoms. The van der Waals surface area contributed by atoms with Crippen molar-refractivity contribution in [3.8, 4) is 0 Å². The lowest BCUT2D eigenvalue weighted by Gasteiger charge is -2.35. The number of carbonyl (C=O) groups is 1. The molecule has 0 saturated carbocycles. The first-order valence-electron chi connectivity index (χ1n) is 6.52. The van der Waals surface area contributed by atoms with E-state index >= 15 is 0 Å². The second kappa shape index (κ2) is 6.28. The van der Waals surface area contributed by atoms with Gasteiger partial charge in [-0.05, 0) is 38.1 Å². The fourth-order valence-corrected chi connectivity index (χ4v) is 2.34. The van der Waals surface area contributed by atoms with Gasteiger partial charge < -0.3 is 14.5 Å². The number of anilines is 1. The Hall–Kier alpha value is -1.23. The zero-order valence-corrected chi connectivity index (χ0v) is 12.9. The van der Waals surface area contributed by atoms with Crippen molar-refractivity contribution in [1.29, 1.82) is 0 Å². The molecule has 1 aliphatic rings. The van der Waals surface area contributed by atoms with E-state index in [0.29, 0.717) is 13.1 Å². The van der Waals surface area contributed by atoms with E-state index < -0.39 is 0 Å². The molecule has 0 bridgehead atoms. The van der Waals surface area contributed by atoms with Gasteiger partial charge in [-0.15, -0.1) is 0 Å². The molecule has 0 unspecified atom stereocenters. The van der Waals surface area contributed by atoms with Crippen LogP contribution in [0, 0.1) is 0 Å². The Balaban J connectivity index is 1.88. The van der Waals surface area contributed by atoms with Gasteiger partial charge in [-0.1, -0.05) is 15.9 Å². The van der Waals surface area contributed by atoms with E-state index in [0.717, 1.165) is 17.6 Å². The van der Waals surface area contributed by atoms with Crippen molar-refractivity contribution < 1.29 is 9.53 Å². The Morgan fingerprint density at radius 1 is 1.16 bits per heavy atom. The topological polar surface area (TPSA) is 32.8 Å². The number of hydrogen-bond acceptors (Lipinski definition) is 3. The molecule has 1 heterocycles. The van der Waals surface area contributed by atoms with Crippen LogP contribution in [0.25, 0.3) is 0 Å². The standard InChI is InChI=1S/C14H19BrN2O2/c1-11(2)19-14(18)17-9-7-16(8-10-17)13-5-3-12(15)4-6-13/h3-6,11H,7-10H2,1-2H3. The van der Waals surface area contributed by atoms with Crippen molar-refractivity contribution in [3.05, 3.63) is 28.7 Å². The smallest absolute Gasteiger partial charge is 0.410 e. The number of halogens is 1. The molecule has 104 valence electrons. The van der Waals surface area contributed by atoms with E-state index in [1.807, 2.05) is 26.0 Å². The van der Waals surface area contributed by atoms with Crippen LogP contribution in [-0.2, 0) is 4.74 Å². The van der Waals surface area contributed by atoms with Crippen molar-refractivity contribution in [2.75, 3.05) is 31.1 Å². The lowest BCUT2D eigenvalue weighted by molar-refractivity contribution is 0.0751. The maximum Gasteiger partial charge on any atom is 0.410 e. The summed E-state index contributed by atoms with van der Waals surface area (Å²) in [7, 11) is 0. The largest absolute Gasteiger partial charge is 0.447 e. The molecule has 1 amide bonds. The molecule has 0 aromatic heterocycles. The summed E-state index contributed by atoms with van der Waals surface area (Å²) in [6, 6.07) is 8.25. The first-order valence-corrected chi connectivity index (χ1v) is 7.31. The Morgan fingerprint density at radius 3 is 2.26 bits per heavy atom. The molecule has 1 aliphatic heterocycles. The molecule has 1 aromatic rings. The predicted octanol–water partition coefficient (Wildman–Crippen LogP) is 3.12. The van der Waals surface area contributed by atoms with Crippen molar-refractivity contribution in [2.45, 2.75) is 20.0 Å². The summed E-state index contributed by atoms with van der Waals surface area (Å²) in [5.74, 6) is 0. The van der Waals surface area contributed by atoms with Gasteiger partial charge in [0.2, 0.25) is 0 Å². The van der Waals surface area contributed by atoms with Gasteiger partial charge in [-0.25, -0.2) is 4.79 Å². The molecular formula is C14H19BrN2O2. The third-order valence-electron chi connectivity index (χ3n) is 3.07. The monoisotopic (exact) mass is 326 g/mol. The number of amides is 1. The van der Waals surface area contributed by atoms with Crippen molar-refractivity contribution >= 4 is 27.7 Å². The van der Waals surface area contributed by atoms with Crippen LogP contribution in [0.15, 0.2) is 28.7 Å². The summed E-state index contributed by atoms with van der Waals surface area (Å²) in [4.78, 5) is 15.8. The van der Waals surface area contributed by atoms with E-state index in [1.54, 1.807) is 4.90 Å². The van der Waals surface area contributed by atoms with Gasteiger partial charge in [0.15, 0.2) is 0 Å². The van der Waals surface area contributed by atoms with Crippen LogP contribution in [-0.4, -0.2) is 43.3 Å². The Morgan fingerprint density at radius 2 is 1.74 bits per heavy atom. The third-order valence-corrected chi connectivity index (χ3v) is 3.59. The van der Waals surface area contributed by atoms with Gasteiger partial charge in [0.05, 0.1) is 6.10 Å². The zero-order chi connectivity index (χ0) is 13.8. The van der Waals surface area contributed by atoms with Gasteiger partial charge in [-0.2, -0.15) is 0 Å². The lowest BCUT2D eigenvalue weighted by atomic mass is 10.2. The molecule has 5 heteroatoms. The molecule has 19 heavy (non-hydrogen) atoms. The van der Waals surface area contributed by atoms with E-state index in [4.69, 9.17) is 4.74 Å². The predicted molar refractivity (Wildman–Crippen MR) is 79.5 cm³/mol. The number of ether oxygens (including phenoxy) is 1. The van der Waals surface area contributed by atoms with Crippen molar-refractivity contribution in [2.24, 2.45) is 0 Å². The number of hydrogen-bond donors (Lipinski definition) is 0. The highest BCUT2D eigenvalue weighted by Gasteiger charge is 2.22. The number of rotatable bonds is 2. The number of carbonyl (C=O) groups excluding carboxylic acids is 1. The highest BCUT2D eigenvalue weighted by molar-refractivity contribution is 9.10. The van der Waals surface area contributed by atoms with E-state index in [9.17, 15) is 4.79 Å². The molecule has 1 saturated heterocycles. The van der Waals surface area contributed by atoms with Crippen molar-refractivity contribution in [1.82, 2.24) is 4.90 Å². The summed E-state index contributed by atoms with van der Waals surface area (Å²) in [5, 5.41) is 0.